The van der Waals surface area contributed by atoms with Gasteiger partial charge in [0.1, 0.15) is 0 Å². The number of carbonyl (C=O) groups is 3. The van der Waals surface area contributed by atoms with Crippen molar-refractivity contribution in [2.75, 3.05) is 31.5 Å². The van der Waals surface area contributed by atoms with Crippen LogP contribution in [0.3, 0.4) is 0 Å². The highest BCUT2D eigenvalue weighted by atomic mass is 32.3. The lowest BCUT2D eigenvalue weighted by molar-refractivity contribution is -0.125. The Morgan fingerprint density at radius 2 is 1.83 bits per heavy atom. The highest BCUT2D eigenvalue weighted by molar-refractivity contribution is 8.27. The molecule has 0 atom stereocenters. The normalized spacial score (nSPS) is 11.5. The lowest BCUT2D eigenvalue weighted by Gasteiger charge is -2.23. The van der Waals surface area contributed by atoms with Crippen LogP contribution in [0.2, 0.25) is 0 Å². The molecule has 0 fully saturated rings. The molecule has 0 bridgehead atoms. The fourth-order valence-electron chi connectivity index (χ4n) is 1.83. The summed E-state index contributed by atoms with van der Waals surface area (Å²) in [5.41, 5.74) is 1.43. The third kappa shape index (κ3) is 8.54. The molecule has 0 aromatic heterocycles. The topological polar surface area (TPSA) is 108 Å². The number of benzene rings is 1. The van der Waals surface area contributed by atoms with Crippen molar-refractivity contribution < 1.29 is 18.9 Å². The molecule has 4 N–H and O–H groups in total. The Bertz CT molecular complexity index is 599. The molecular formula is C16H25N3O4S. The third-order valence-electron chi connectivity index (χ3n) is 3.01. The molecule has 8 heteroatoms. The molecule has 0 unspecified atom stereocenters. The number of amides is 3. The SMILES string of the molecule is CC(=O)NCC(=O)NCCc1cccc(C(=O)NCS(C)(C)O)c1. The highest BCUT2D eigenvalue weighted by Gasteiger charge is 2.11. The second-order valence-electron chi connectivity index (χ2n) is 5.84. The van der Waals surface area contributed by atoms with E-state index in [4.69, 9.17) is 0 Å². The lowest BCUT2D eigenvalue weighted by atomic mass is 10.1. The average molecular weight is 355 g/mol. The summed E-state index contributed by atoms with van der Waals surface area (Å²) in [5.74, 6) is -0.500. The van der Waals surface area contributed by atoms with Crippen molar-refractivity contribution in [3.8, 4) is 0 Å². The molecule has 3 amide bonds. The Kier molecular flexibility index (Phi) is 7.73. The molecule has 0 saturated carbocycles. The van der Waals surface area contributed by atoms with Crippen molar-refractivity contribution >= 4 is 28.0 Å². The van der Waals surface area contributed by atoms with Crippen LogP contribution in [0.5, 0.6) is 0 Å². The molecule has 7 nitrogen and oxygen atoms in total. The zero-order valence-corrected chi connectivity index (χ0v) is 15.0. The van der Waals surface area contributed by atoms with Gasteiger partial charge in [-0.1, -0.05) is 12.1 Å². The Hall–Kier alpha value is -2.06. The molecule has 24 heavy (non-hydrogen) atoms. The third-order valence-corrected chi connectivity index (χ3v) is 3.86. The maximum Gasteiger partial charge on any atom is 0.251 e. The summed E-state index contributed by atoms with van der Waals surface area (Å²) in [5, 5.41) is 7.82. The quantitative estimate of drug-likeness (QED) is 0.551. The summed E-state index contributed by atoms with van der Waals surface area (Å²) in [6.07, 6.45) is 3.98. The van der Waals surface area contributed by atoms with E-state index in [1.54, 1.807) is 30.7 Å². The first-order valence-electron chi connectivity index (χ1n) is 7.49. The van der Waals surface area contributed by atoms with Gasteiger partial charge in [-0.05, 0) is 36.6 Å². The van der Waals surface area contributed by atoms with Crippen LogP contribution >= 0.6 is 10.3 Å². The molecule has 0 radical (unpaired) electrons. The van der Waals surface area contributed by atoms with Crippen LogP contribution in [0.1, 0.15) is 22.8 Å². The second-order valence-corrected chi connectivity index (χ2v) is 9.09. The molecular weight excluding hydrogens is 330 g/mol. The average Bonchev–Trinajstić information content (AvgIpc) is 2.50. The highest BCUT2D eigenvalue weighted by Crippen LogP contribution is 2.31. The Balaban J connectivity index is 2.46. The number of carbonyl (C=O) groups excluding carboxylic acids is 3. The van der Waals surface area contributed by atoms with Gasteiger partial charge in [0.2, 0.25) is 11.8 Å². The summed E-state index contributed by atoms with van der Waals surface area (Å²) >= 11 is 0. The van der Waals surface area contributed by atoms with Crippen molar-refractivity contribution in [2.24, 2.45) is 0 Å². The fraction of sp³-hybridized carbons (Fsp3) is 0.438. The summed E-state index contributed by atoms with van der Waals surface area (Å²) < 4.78 is 9.72. The molecule has 1 aromatic carbocycles. The van der Waals surface area contributed by atoms with E-state index in [0.29, 0.717) is 18.5 Å². The molecule has 0 aliphatic carbocycles. The van der Waals surface area contributed by atoms with Gasteiger partial charge >= 0.3 is 0 Å². The van der Waals surface area contributed by atoms with E-state index in [2.05, 4.69) is 16.0 Å². The standard InChI is InChI=1S/C16H25N3O4S/c1-12(20)18-10-15(21)17-8-7-13-5-4-6-14(9-13)16(22)19-11-24(2,3)23/h4-6,9,23H,7-8,10-11H2,1-3H3,(H,17,21)(H,18,20)(H,19,22). The zero-order valence-electron chi connectivity index (χ0n) is 14.2. The molecule has 0 aliphatic heterocycles. The van der Waals surface area contributed by atoms with Gasteiger partial charge in [0.05, 0.1) is 12.4 Å². The van der Waals surface area contributed by atoms with Crippen LogP contribution in [0.15, 0.2) is 24.3 Å². The number of nitrogens with one attached hydrogen (secondary N) is 3. The maximum atomic E-state index is 12.1. The van der Waals surface area contributed by atoms with E-state index < -0.39 is 10.3 Å². The van der Waals surface area contributed by atoms with Crippen molar-refractivity contribution in [1.82, 2.24) is 16.0 Å². The Labute approximate surface area is 143 Å². The number of rotatable bonds is 8. The monoisotopic (exact) mass is 355 g/mol. The maximum absolute atomic E-state index is 12.1. The molecule has 0 spiro atoms. The predicted molar refractivity (Wildman–Crippen MR) is 96.2 cm³/mol. The van der Waals surface area contributed by atoms with E-state index >= 15 is 0 Å². The molecule has 134 valence electrons. The molecule has 0 aliphatic rings. The van der Waals surface area contributed by atoms with Gasteiger partial charge in [-0.25, -0.2) is 0 Å². The Morgan fingerprint density at radius 3 is 2.46 bits per heavy atom. The van der Waals surface area contributed by atoms with E-state index in [9.17, 15) is 18.9 Å². The summed E-state index contributed by atoms with van der Waals surface area (Å²) in [6.45, 7) is 1.72. The smallest absolute Gasteiger partial charge is 0.251 e. The second kappa shape index (κ2) is 9.29. The van der Waals surface area contributed by atoms with Gasteiger partial charge in [0, 0.05) is 19.0 Å². The largest absolute Gasteiger partial charge is 0.354 e. The van der Waals surface area contributed by atoms with Crippen LogP contribution in [0.25, 0.3) is 0 Å². The molecule has 0 saturated heterocycles. The van der Waals surface area contributed by atoms with E-state index in [-0.39, 0.29) is 30.1 Å². The van der Waals surface area contributed by atoms with E-state index in [1.807, 2.05) is 6.07 Å². The molecule has 1 rings (SSSR count). The van der Waals surface area contributed by atoms with Gasteiger partial charge in [-0.3, -0.25) is 14.4 Å². The molecule has 0 heterocycles. The van der Waals surface area contributed by atoms with Gasteiger partial charge < -0.3 is 20.5 Å². The minimum Gasteiger partial charge on any atom is -0.354 e. The van der Waals surface area contributed by atoms with Crippen molar-refractivity contribution in [3.63, 3.8) is 0 Å². The fourth-order valence-corrected chi connectivity index (χ4v) is 2.31. The first-order chi connectivity index (χ1) is 11.2. The number of hydrogen-bond acceptors (Lipinski definition) is 4. The van der Waals surface area contributed by atoms with Gasteiger partial charge in [-0.15, -0.1) is 10.3 Å². The zero-order chi connectivity index (χ0) is 18.2. The minimum atomic E-state index is -1.78. The van der Waals surface area contributed by atoms with Crippen LogP contribution in [0.4, 0.5) is 0 Å². The first-order valence-corrected chi connectivity index (χ1v) is 10.1. The molecule has 1 aromatic rings. The lowest BCUT2D eigenvalue weighted by Crippen LogP contribution is -2.36. The van der Waals surface area contributed by atoms with Crippen molar-refractivity contribution in [2.45, 2.75) is 13.3 Å². The number of hydrogen-bond donors (Lipinski definition) is 4. The van der Waals surface area contributed by atoms with E-state index in [1.165, 1.54) is 6.92 Å². The first kappa shape index (κ1) is 20.0. The van der Waals surface area contributed by atoms with E-state index in [0.717, 1.165) is 5.56 Å². The minimum absolute atomic E-state index is 0.0446. The van der Waals surface area contributed by atoms with Crippen LogP contribution in [-0.2, 0) is 16.0 Å². The summed E-state index contributed by atoms with van der Waals surface area (Å²) in [4.78, 5) is 34.3. The predicted octanol–water partition coefficient (Wildman–Crippen LogP) is 0.706. The van der Waals surface area contributed by atoms with Crippen LogP contribution < -0.4 is 16.0 Å². The van der Waals surface area contributed by atoms with Gasteiger partial charge in [0.15, 0.2) is 0 Å². The van der Waals surface area contributed by atoms with Crippen LogP contribution in [0, 0.1) is 0 Å². The summed E-state index contributed by atoms with van der Waals surface area (Å²) in [7, 11) is -1.78. The van der Waals surface area contributed by atoms with Crippen LogP contribution in [-0.4, -0.2) is 53.8 Å². The van der Waals surface area contributed by atoms with Gasteiger partial charge in [-0.2, -0.15) is 0 Å². The van der Waals surface area contributed by atoms with Crippen molar-refractivity contribution in [3.05, 3.63) is 35.4 Å². The van der Waals surface area contributed by atoms with Gasteiger partial charge in [0.25, 0.3) is 5.91 Å². The Morgan fingerprint density at radius 1 is 1.12 bits per heavy atom. The summed E-state index contributed by atoms with van der Waals surface area (Å²) in [6, 6.07) is 7.11. The van der Waals surface area contributed by atoms with Crippen molar-refractivity contribution in [1.29, 1.82) is 0 Å².